The summed E-state index contributed by atoms with van der Waals surface area (Å²) in [6, 6.07) is 9.27. The normalized spacial score (nSPS) is 16.9. The van der Waals surface area contributed by atoms with Crippen molar-refractivity contribution in [3.63, 3.8) is 0 Å². The first-order valence-electron chi connectivity index (χ1n) is 14.8. The number of alkyl halides is 1. The Morgan fingerprint density at radius 2 is 1.91 bits per heavy atom. The van der Waals surface area contributed by atoms with E-state index in [1.54, 1.807) is 6.92 Å². The SMILES string of the molecule is CC(=O)N1CCc2ccc(CCNc3ncc4cc(-c5c(F)ccc(NS(=O)(=O)N6CC[C@@H](F)C6)c5F)c(=O)n(C)c4n3)cc2C1. The number of nitrogens with one attached hydrogen (secondary N) is 2. The molecule has 2 aliphatic rings. The third-order valence-corrected chi connectivity index (χ3v) is 9.90. The number of aromatic nitrogens is 3. The zero-order chi connectivity index (χ0) is 32.7. The number of halogens is 3. The van der Waals surface area contributed by atoms with Gasteiger partial charge in [-0.1, -0.05) is 18.2 Å². The van der Waals surface area contributed by atoms with Gasteiger partial charge in [-0.05, 0) is 54.2 Å². The molecule has 4 aromatic rings. The van der Waals surface area contributed by atoms with Gasteiger partial charge in [-0.25, -0.2) is 18.2 Å². The summed E-state index contributed by atoms with van der Waals surface area (Å²) in [5.74, 6) is -2.05. The molecular weight excluding hydrogens is 623 g/mol. The summed E-state index contributed by atoms with van der Waals surface area (Å²) in [5, 5.41) is 3.47. The van der Waals surface area contributed by atoms with Crippen LogP contribution >= 0.6 is 0 Å². The van der Waals surface area contributed by atoms with Gasteiger partial charge in [-0.15, -0.1) is 0 Å². The molecule has 1 fully saturated rings. The van der Waals surface area contributed by atoms with Crippen molar-refractivity contribution < 1.29 is 26.4 Å². The molecule has 1 amide bonds. The highest BCUT2D eigenvalue weighted by molar-refractivity contribution is 7.90. The van der Waals surface area contributed by atoms with Gasteiger partial charge in [-0.3, -0.25) is 18.9 Å². The lowest BCUT2D eigenvalue weighted by Gasteiger charge is -2.28. The molecule has 2 N–H and O–H groups in total. The van der Waals surface area contributed by atoms with E-state index in [4.69, 9.17) is 0 Å². The number of hydrogen-bond donors (Lipinski definition) is 2. The van der Waals surface area contributed by atoms with Crippen molar-refractivity contribution in [2.75, 3.05) is 36.2 Å². The molecule has 11 nitrogen and oxygen atoms in total. The van der Waals surface area contributed by atoms with E-state index >= 15 is 8.78 Å². The Bertz CT molecular complexity index is 2020. The van der Waals surface area contributed by atoms with Gasteiger partial charge in [0.1, 0.15) is 17.6 Å². The second-order valence-electron chi connectivity index (χ2n) is 11.5. The highest BCUT2D eigenvalue weighted by Gasteiger charge is 2.32. The monoisotopic (exact) mass is 655 g/mol. The number of pyridine rings is 1. The number of aryl methyl sites for hydroxylation is 1. The van der Waals surface area contributed by atoms with Gasteiger partial charge in [-0.2, -0.15) is 17.7 Å². The Morgan fingerprint density at radius 3 is 2.65 bits per heavy atom. The number of anilines is 2. The molecule has 0 unspecified atom stereocenters. The summed E-state index contributed by atoms with van der Waals surface area (Å²) < 4.78 is 73.7. The van der Waals surface area contributed by atoms with Crippen molar-refractivity contribution in [2.45, 2.75) is 38.9 Å². The smallest absolute Gasteiger partial charge is 0.301 e. The average molecular weight is 656 g/mol. The van der Waals surface area contributed by atoms with Crippen molar-refractivity contribution in [2.24, 2.45) is 7.05 Å². The number of carbonyl (C=O) groups is 1. The third-order valence-electron chi connectivity index (χ3n) is 8.41. The molecule has 6 rings (SSSR count). The maximum absolute atomic E-state index is 15.6. The van der Waals surface area contributed by atoms with Crippen LogP contribution in [0, 0.1) is 11.6 Å². The zero-order valence-corrected chi connectivity index (χ0v) is 26.0. The number of benzene rings is 2. The lowest BCUT2D eigenvalue weighted by atomic mass is 9.96. The number of amides is 1. The molecule has 46 heavy (non-hydrogen) atoms. The van der Waals surface area contributed by atoms with E-state index < -0.39 is 44.8 Å². The van der Waals surface area contributed by atoms with Gasteiger partial charge >= 0.3 is 10.2 Å². The van der Waals surface area contributed by atoms with Crippen molar-refractivity contribution in [3.05, 3.63) is 81.3 Å². The molecule has 2 aromatic heterocycles. The summed E-state index contributed by atoms with van der Waals surface area (Å²) in [4.78, 5) is 35.7. The van der Waals surface area contributed by atoms with Crippen LogP contribution in [-0.2, 0) is 41.4 Å². The molecule has 0 aliphatic carbocycles. The maximum Gasteiger partial charge on any atom is 0.301 e. The van der Waals surface area contributed by atoms with Gasteiger partial charge in [0.25, 0.3) is 5.56 Å². The summed E-state index contributed by atoms with van der Waals surface area (Å²) in [5.41, 5.74) is 1.26. The van der Waals surface area contributed by atoms with E-state index in [1.165, 1.54) is 24.9 Å². The topological polar surface area (TPSA) is 130 Å². The van der Waals surface area contributed by atoms with E-state index in [2.05, 4.69) is 38.2 Å². The lowest BCUT2D eigenvalue weighted by Crippen LogP contribution is -2.34. The number of rotatable bonds is 8. The van der Waals surface area contributed by atoms with Gasteiger partial charge in [0.2, 0.25) is 11.9 Å². The van der Waals surface area contributed by atoms with E-state index in [0.717, 1.165) is 38.6 Å². The minimum absolute atomic E-state index is 0.0151. The number of fused-ring (bicyclic) bond motifs is 2. The standard InChI is InChI=1S/C31H32F3N7O4S/c1-18(42)40-11-8-20-4-3-19(13-22(20)16-40)7-10-35-31-36-15-21-14-24(30(43)39(2)29(21)37-31)27-25(33)5-6-26(28(27)34)38-46(44,45)41-12-9-23(32)17-41/h3-6,13-15,23,38H,7-12,16-17H2,1-2H3,(H,35,36,37)/t23-/m1/s1. The van der Waals surface area contributed by atoms with Crippen LogP contribution in [0.4, 0.5) is 24.8 Å². The molecule has 15 heteroatoms. The Labute approximate surface area is 263 Å². The minimum atomic E-state index is -4.32. The lowest BCUT2D eigenvalue weighted by molar-refractivity contribution is -0.129. The molecule has 4 heterocycles. The first kappa shape index (κ1) is 31.5. The minimum Gasteiger partial charge on any atom is -0.354 e. The Kier molecular flexibility index (Phi) is 8.46. The molecule has 1 saturated heterocycles. The van der Waals surface area contributed by atoms with Gasteiger partial charge < -0.3 is 10.2 Å². The molecule has 2 aromatic carbocycles. The van der Waals surface area contributed by atoms with Crippen LogP contribution in [0.25, 0.3) is 22.2 Å². The van der Waals surface area contributed by atoms with Gasteiger partial charge in [0, 0.05) is 58.3 Å². The first-order valence-corrected chi connectivity index (χ1v) is 16.2. The van der Waals surface area contributed by atoms with Crippen LogP contribution in [0.5, 0.6) is 0 Å². The van der Waals surface area contributed by atoms with Crippen LogP contribution in [0.3, 0.4) is 0 Å². The van der Waals surface area contributed by atoms with Crippen LogP contribution in [0.15, 0.2) is 47.4 Å². The molecular formula is C31H32F3N7O4S. The summed E-state index contributed by atoms with van der Waals surface area (Å²) in [6.45, 7) is 2.90. The number of carbonyl (C=O) groups excluding carboxylic acids is 1. The highest BCUT2D eigenvalue weighted by atomic mass is 32.2. The number of hydrogen-bond acceptors (Lipinski definition) is 7. The van der Waals surface area contributed by atoms with E-state index in [1.807, 2.05) is 4.90 Å². The number of nitrogens with zero attached hydrogens (tertiary/aromatic N) is 5. The van der Waals surface area contributed by atoms with Crippen molar-refractivity contribution in [1.29, 1.82) is 0 Å². The van der Waals surface area contributed by atoms with Crippen LogP contribution < -0.4 is 15.6 Å². The fraction of sp³-hybridized carbons (Fsp3) is 0.355. The molecule has 0 bridgehead atoms. The fourth-order valence-electron chi connectivity index (χ4n) is 5.85. The van der Waals surface area contributed by atoms with Crippen LogP contribution in [0.2, 0.25) is 0 Å². The largest absolute Gasteiger partial charge is 0.354 e. The zero-order valence-electron chi connectivity index (χ0n) is 25.2. The second-order valence-corrected chi connectivity index (χ2v) is 13.2. The van der Waals surface area contributed by atoms with Crippen molar-refractivity contribution in [3.8, 4) is 11.1 Å². The quantitative estimate of drug-likeness (QED) is 0.297. The Balaban J connectivity index is 1.21. The first-order chi connectivity index (χ1) is 21.9. The molecule has 2 aliphatic heterocycles. The van der Waals surface area contributed by atoms with Crippen molar-refractivity contribution in [1.82, 2.24) is 23.7 Å². The molecule has 0 saturated carbocycles. The summed E-state index contributed by atoms with van der Waals surface area (Å²) in [6.07, 6.45) is 1.58. The van der Waals surface area contributed by atoms with Crippen LogP contribution in [0.1, 0.15) is 30.0 Å². The van der Waals surface area contributed by atoms with Gasteiger partial charge in [0.05, 0.1) is 16.8 Å². The Hall–Kier alpha value is -4.50. The van der Waals surface area contributed by atoms with Crippen LogP contribution in [-0.4, -0.2) is 70.4 Å². The summed E-state index contributed by atoms with van der Waals surface area (Å²) >= 11 is 0. The van der Waals surface area contributed by atoms with Crippen molar-refractivity contribution >= 4 is 38.8 Å². The van der Waals surface area contributed by atoms with E-state index in [0.29, 0.717) is 31.4 Å². The molecule has 0 spiro atoms. The predicted molar refractivity (Wildman–Crippen MR) is 167 cm³/mol. The molecule has 242 valence electrons. The van der Waals surface area contributed by atoms with E-state index in [-0.39, 0.29) is 42.6 Å². The fourth-order valence-corrected chi connectivity index (χ4v) is 7.12. The maximum atomic E-state index is 15.6. The Morgan fingerprint density at radius 1 is 1.11 bits per heavy atom. The van der Waals surface area contributed by atoms with E-state index in [9.17, 15) is 22.4 Å². The average Bonchev–Trinajstić information content (AvgIpc) is 3.48. The van der Waals surface area contributed by atoms with Gasteiger partial charge in [0.15, 0.2) is 5.82 Å². The third kappa shape index (κ3) is 6.16. The molecule has 1 atom stereocenters. The molecule has 0 radical (unpaired) electrons. The predicted octanol–water partition coefficient (Wildman–Crippen LogP) is 3.53. The highest BCUT2D eigenvalue weighted by Crippen LogP contribution is 2.31. The second kappa shape index (κ2) is 12.4. The summed E-state index contributed by atoms with van der Waals surface area (Å²) in [7, 11) is -2.91.